The second kappa shape index (κ2) is 7.41. The topological polar surface area (TPSA) is 0 Å². The van der Waals surface area contributed by atoms with Gasteiger partial charge in [-0.25, -0.2) is 0 Å². The van der Waals surface area contributed by atoms with E-state index in [2.05, 4.69) is 25.8 Å². The van der Waals surface area contributed by atoms with Crippen LogP contribution in [0.3, 0.4) is 0 Å². The summed E-state index contributed by atoms with van der Waals surface area (Å²) in [6, 6.07) is 0. The average Bonchev–Trinajstić information content (AvgIpc) is 1.96. The molecule has 0 bridgehead atoms. The van der Waals surface area contributed by atoms with Crippen LogP contribution in [0.1, 0.15) is 46.0 Å². The molecule has 0 rings (SSSR count). The third kappa shape index (κ3) is 9.30. The third-order valence-electron chi connectivity index (χ3n) is 1.58. The van der Waals surface area contributed by atoms with Crippen molar-refractivity contribution in [1.29, 1.82) is 0 Å². The molecule has 0 heteroatoms. The minimum atomic E-state index is 0.939. The monoisotopic (exact) mass is 150 g/mol. The van der Waals surface area contributed by atoms with E-state index < -0.39 is 0 Å². The van der Waals surface area contributed by atoms with Crippen LogP contribution in [0.2, 0.25) is 0 Å². The molecule has 0 aromatic carbocycles. The van der Waals surface area contributed by atoms with Crippen LogP contribution in [0, 0.1) is 12.3 Å². The highest BCUT2D eigenvalue weighted by atomic mass is 13.9. The molecule has 62 valence electrons. The Morgan fingerprint density at radius 3 is 2.55 bits per heavy atom. The molecular weight excluding hydrogens is 132 g/mol. The molecule has 0 saturated carbocycles. The summed E-state index contributed by atoms with van der Waals surface area (Å²) in [7, 11) is 0. The smallest absolute Gasteiger partial charge is 0.00860 e. The number of allylic oxidation sites excluding steroid dienone is 2. The van der Waals surface area contributed by atoms with E-state index in [0.29, 0.717) is 0 Å². The van der Waals surface area contributed by atoms with Gasteiger partial charge in [0, 0.05) is 6.42 Å². The zero-order valence-electron chi connectivity index (χ0n) is 7.69. The minimum Gasteiger partial charge on any atom is -0.120 e. The van der Waals surface area contributed by atoms with Crippen molar-refractivity contribution < 1.29 is 0 Å². The molecule has 0 N–H and O–H groups in total. The Bertz CT molecular complexity index is 142. The van der Waals surface area contributed by atoms with E-state index in [0.717, 1.165) is 6.42 Å². The van der Waals surface area contributed by atoms with Crippen LogP contribution in [-0.4, -0.2) is 0 Å². The molecule has 0 radical (unpaired) electrons. The lowest BCUT2D eigenvalue weighted by atomic mass is 10.1. The standard InChI is InChI=1S/C11H18/c1-4-5-6-7-8-9-10-11(2)3/h1,10H,5-9H2,2-3H3. The van der Waals surface area contributed by atoms with E-state index in [1.165, 1.54) is 31.3 Å². The molecule has 0 aliphatic heterocycles. The molecule has 0 fully saturated rings. The highest BCUT2D eigenvalue weighted by molar-refractivity contribution is 4.92. The second-order valence-electron chi connectivity index (χ2n) is 3.08. The van der Waals surface area contributed by atoms with Crippen molar-refractivity contribution in [2.45, 2.75) is 46.0 Å². The summed E-state index contributed by atoms with van der Waals surface area (Å²) >= 11 is 0. The van der Waals surface area contributed by atoms with Crippen molar-refractivity contribution in [2.24, 2.45) is 0 Å². The van der Waals surface area contributed by atoms with Gasteiger partial charge in [0.15, 0.2) is 0 Å². The number of hydrogen-bond acceptors (Lipinski definition) is 0. The van der Waals surface area contributed by atoms with Crippen molar-refractivity contribution in [3.63, 3.8) is 0 Å². The predicted molar refractivity (Wildman–Crippen MR) is 51.3 cm³/mol. The highest BCUT2D eigenvalue weighted by Gasteiger charge is 1.85. The molecular formula is C11H18. The normalized spacial score (nSPS) is 8.82. The molecule has 0 nitrogen and oxygen atoms in total. The summed E-state index contributed by atoms with van der Waals surface area (Å²) in [5, 5.41) is 0. The van der Waals surface area contributed by atoms with Crippen LogP contribution >= 0.6 is 0 Å². The summed E-state index contributed by atoms with van der Waals surface area (Å²) in [5.41, 5.74) is 1.42. The molecule has 0 spiro atoms. The number of terminal acetylenes is 1. The van der Waals surface area contributed by atoms with Crippen LogP contribution in [0.25, 0.3) is 0 Å². The van der Waals surface area contributed by atoms with Crippen molar-refractivity contribution in [3.8, 4) is 12.3 Å². The van der Waals surface area contributed by atoms with Crippen molar-refractivity contribution in [1.82, 2.24) is 0 Å². The predicted octanol–water partition coefficient (Wildman–Crippen LogP) is 3.54. The number of hydrogen-bond donors (Lipinski definition) is 0. The third-order valence-corrected chi connectivity index (χ3v) is 1.58. The maximum absolute atomic E-state index is 5.13. The molecule has 0 amide bonds. The van der Waals surface area contributed by atoms with Gasteiger partial charge in [0.05, 0.1) is 0 Å². The molecule has 0 aromatic rings. The van der Waals surface area contributed by atoms with Crippen LogP contribution < -0.4 is 0 Å². The van der Waals surface area contributed by atoms with Gasteiger partial charge in [-0.2, -0.15) is 0 Å². The maximum Gasteiger partial charge on any atom is 0.00860 e. The van der Waals surface area contributed by atoms with Crippen LogP contribution in [-0.2, 0) is 0 Å². The first-order valence-electron chi connectivity index (χ1n) is 4.34. The molecule has 0 atom stereocenters. The summed E-state index contributed by atoms with van der Waals surface area (Å²) in [6.07, 6.45) is 13.3. The van der Waals surface area contributed by atoms with Gasteiger partial charge in [-0.15, -0.1) is 12.3 Å². The fraction of sp³-hybridized carbons (Fsp3) is 0.636. The van der Waals surface area contributed by atoms with Crippen LogP contribution in [0.4, 0.5) is 0 Å². The second-order valence-corrected chi connectivity index (χ2v) is 3.08. The Balaban J connectivity index is 3.04. The molecule has 0 aliphatic carbocycles. The van der Waals surface area contributed by atoms with Gasteiger partial charge < -0.3 is 0 Å². The van der Waals surface area contributed by atoms with Gasteiger partial charge in [0.2, 0.25) is 0 Å². The molecule has 0 heterocycles. The zero-order valence-corrected chi connectivity index (χ0v) is 7.69. The highest BCUT2D eigenvalue weighted by Crippen LogP contribution is 2.04. The molecule has 0 saturated heterocycles. The first kappa shape index (κ1) is 10.3. The minimum absolute atomic E-state index is 0.939. The first-order chi connectivity index (χ1) is 5.27. The fourth-order valence-electron chi connectivity index (χ4n) is 0.939. The van der Waals surface area contributed by atoms with Crippen LogP contribution in [0.5, 0.6) is 0 Å². The largest absolute Gasteiger partial charge is 0.120 e. The van der Waals surface area contributed by atoms with E-state index in [4.69, 9.17) is 6.42 Å². The van der Waals surface area contributed by atoms with E-state index in [9.17, 15) is 0 Å². The maximum atomic E-state index is 5.13. The Labute approximate surface area is 70.7 Å². The molecule has 0 aliphatic rings. The van der Waals surface area contributed by atoms with Crippen molar-refractivity contribution >= 4 is 0 Å². The van der Waals surface area contributed by atoms with Gasteiger partial charge in [-0.3, -0.25) is 0 Å². The van der Waals surface area contributed by atoms with Gasteiger partial charge in [0.25, 0.3) is 0 Å². The SMILES string of the molecule is C#CCCCCCC=C(C)C. The fourth-order valence-corrected chi connectivity index (χ4v) is 0.939. The van der Waals surface area contributed by atoms with E-state index in [1.807, 2.05) is 0 Å². The number of rotatable bonds is 5. The summed E-state index contributed by atoms with van der Waals surface area (Å²) < 4.78 is 0. The molecule has 0 aromatic heterocycles. The van der Waals surface area contributed by atoms with Crippen LogP contribution in [0.15, 0.2) is 11.6 Å². The Morgan fingerprint density at radius 1 is 1.27 bits per heavy atom. The lowest BCUT2D eigenvalue weighted by Crippen LogP contribution is -1.75. The average molecular weight is 150 g/mol. The molecule has 0 unspecified atom stereocenters. The summed E-state index contributed by atoms with van der Waals surface area (Å²) in [6.45, 7) is 4.28. The molecule has 11 heavy (non-hydrogen) atoms. The van der Waals surface area contributed by atoms with Gasteiger partial charge in [-0.1, -0.05) is 18.1 Å². The van der Waals surface area contributed by atoms with Gasteiger partial charge in [-0.05, 0) is 33.1 Å². The van der Waals surface area contributed by atoms with Crippen molar-refractivity contribution in [3.05, 3.63) is 11.6 Å². The van der Waals surface area contributed by atoms with Crippen molar-refractivity contribution in [2.75, 3.05) is 0 Å². The van der Waals surface area contributed by atoms with E-state index >= 15 is 0 Å². The Morgan fingerprint density at radius 2 is 2.00 bits per heavy atom. The zero-order chi connectivity index (χ0) is 8.53. The van der Waals surface area contributed by atoms with E-state index in [1.54, 1.807) is 0 Å². The van der Waals surface area contributed by atoms with E-state index in [-0.39, 0.29) is 0 Å². The summed E-state index contributed by atoms with van der Waals surface area (Å²) in [4.78, 5) is 0. The Kier molecular flexibility index (Phi) is 6.94. The first-order valence-corrected chi connectivity index (χ1v) is 4.34. The van der Waals surface area contributed by atoms with Gasteiger partial charge in [0.1, 0.15) is 0 Å². The lowest BCUT2D eigenvalue weighted by molar-refractivity contribution is 0.701. The Hall–Kier alpha value is -0.700. The van der Waals surface area contributed by atoms with Gasteiger partial charge >= 0.3 is 0 Å². The summed E-state index contributed by atoms with van der Waals surface area (Å²) in [5.74, 6) is 2.65. The lowest BCUT2D eigenvalue weighted by Gasteiger charge is -1.94. The number of unbranched alkanes of at least 4 members (excludes halogenated alkanes) is 4. The quantitative estimate of drug-likeness (QED) is 0.319.